The number of amides is 1. The van der Waals surface area contributed by atoms with E-state index in [0.29, 0.717) is 28.3 Å². The Morgan fingerprint density at radius 3 is 2.50 bits per heavy atom. The predicted octanol–water partition coefficient (Wildman–Crippen LogP) is 4.01. The van der Waals surface area contributed by atoms with E-state index < -0.39 is 0 Å². The van der Waals surface area contributed by atoms with Crippen LogP contribution >= 0.6 is 11.6 Å². The lowest BCUT2D eigenvalue weighted by Gasteiger charge is -2.19. The van der Waals surface area contributed by atoms with Gasteiger partial charge in [-0.1, -0.05) is 47.0 Å². The number of carbonyl (C=O) groups excluding carboxylic acids is 1. The van der Waals surface area contributed by atoms with E-state index in [1.807, 2.05) is 42.5 Å². The highest BCUT2D eigenvalue weighted by molar-refractivity contribution is 6.33. The van der Waals surface area contributed by atoms with Crippen molar-refractivity contribution in [3.05, 3.63) is 65.5 Å². The van der Waals surface area contributed by atoms with Crippen LogP contribution < -0.4 is 4.74 Å². The van der Waals surface area contributed by atoms with Gasteiger partial charge in [0.15, 0.2) is 6.61 Å². The second kappa shape index (κ2) is 8.80. The highest BCUT2D eigenvalue weighted by atomic mass is 35.5. The largest absolute Gasteiger partial charge is 0.439 e. The number of carbonyl (C=O) groups is 1. The van der Waals surface area contributed by atoms with Gasteiger partial charge in [0.05, 0.1) is 17.1 Å². The van der Waals surface area contributed by atoms with Gasteiger partial charge >= 0.3 is 6.08 Å². The van der Waals surface area contributed by atoms with Crippen molar-refractivity contribution in [1.82, 2.24) is 25.3 Å². The molecule has 2 heterocycles. The Kier molecular flexibility index (Phi) is 5.55. The highest BCUT2D eigenvalue weighted by Crippen LogP contribution is 2.30. The number of ether oxygens (including phenoxy) is 1. The Labute approximate surface area is 188 Å². The number of halogens is 1. The normalized spacial score (nSPS) is 13.2. The SMILES string of the molecule is O=C(COc1nnc(-c2ccccc2)o1)N(Cc1nnc(-c2ccccc2Cl)o1)C1CC1. The van der Waals surface area contributed by atoms with Crippen molar-refractivity contribution >= 4 is 17.5 Å². The van der Waals surface area contributed by atoms with Gasteiger partial charge < -0.3 is 18.5 Å². The summed E-state index contributed by atoms with van der Waals surface area (Å²) in [5.41, 5.74) is 1.41. The predicted molar refractivity (Wildman–Crippen MR) is 114 cm³/mol. The van der Waals surface area contributed by atoms with E-state index in [-0.39, 0.29) is 31.2 Å². The van der Waals surface area contributed by atoms with E-state index in [4.69, 9.17) is 25.2 Å². The molecule has 0 atom stereocenters. The fraction of sp³-hybridized carbons (Fsp3) is 0.227. The molecule has 2 aromatic carbocycles. The Hall–Kier alpha value is -3.72. The summed E-state index contributed by atoms with van der Waals surface area (Å²) in [6.45, 7) is -0.0537. The summed E-state index contributed by atoms with van der Waals surface area (Å²) < 4.78 is 16.7. The molecular weight excluding hydrogens is 434 g/mol. The molecule has 10 heteroatoms. The van der Waals surface area contributed by atoms with Gasteiger partial charge in [-0.15, -0.1) is 15.3 Å². The molecule has 1 fully saturated rings. The lowest BCUT2D eigenvalue weighted by Crippen LogP contribution is -2.36. The molecule has 0 N–H and O–H groups in total. The smallest absolute Gasteiger partial charge is 0.415 e. The molecule has 0 radical (unpaired) electrons. The minimum atomic E-state index is -0.238. The Morgan fingerprint density at radius 1 is 0.969 bits per heavy atom. The third kappa shape index (κ3) is 4.47. The van der Waals surface area contributed by atoms with Gasteiger partial charge in [-0.2, -0.15) is 0 Å². The summed E-state index contributed by atoms with van der Waals surface area (Å²) in [5, 5.41) is 16.4. The molecule has 9 nitrogen and oxygen atoms in total. The fourth-order valence-electron chi connectivity index (χ4n) is 3.19. The Morgan fingerprint density at radius 2 is 1.72 bits per heavy atom. The molecule has 5 rings (SSSR count). The van der Waals surface area contributed by atoms with Gasteiger partial charge in [-0.05, 0) is 37.1 Å². The van der Waals surface area contributed by atoms with Crippen molar-refractivity contribution in [2.24, 2.45) is 0 Å². The first-order chi connectivity index (χ1) is 15.7. The summed E-state index contributed by atoms with van der Waals surface area (Å²) in [6, 6.07) is 16.6. The van der Waals surface area contributed by atoms with Gasteiger partial charge in [0.25, 0.3) is 11.8 Å². The van der Waals surface area contributed by atoms with Crippen LogP contribution in [0, 0.1) is 0 Å². The summed E-state index contributed by atoms with van der Waals surface area (Å²) in [7, 11) is 0. The maximum Gasteiger partial charge on any atom is 0.415 e. The van der Waals surface area contributed by atoms with Gasteiger partial charge in [0, 0.05) is 11.6 Å². The van der Waals surface area contributed by atoms with Crippen LogP contribution in [-0.4, -0.2) is 43.9 Å². The van der Waals surface area contributed by atoms with Crippen molar-refractivity contribution in [2.75, 3.05) is 6.61 Å². The standard InChI is InChI=1S/C22H18ClN5O4/c23-17-9-5-4-8-16(17)21-26-24-18(31-21)12-28(15-10-11-15)19(29)13-30-22-27-25-20(32-22)14-6-2-1-3-7-14/h1-9,15H,10-13H2. The van der Waals surface area contributed by atoms with E-state index in [2.05, 4.69) is 20.4 Å². The second-order valence-electron chi connectivity index (χ2n) is 7.26. The first-order valence-electron chi connectivity index (χ1n) is 10.1. The highest BCUT2D eigenvalue weighted by Gasteiger charge is 2.34. The summed E-state index contributed by atoms with van der Waals surface area (Å²) in [4.78, 5) is 14.5. The van der Waals surface area contributed by atoms with Gasteiger partial charge in [-0.25, -0.2) is 0 Å². The molecule has 1 amide bonds. The minimum Gasteiger partial charge on any atom is -0.439 e. The number of nitrogens with zero attached hydrogens (tertiary/aromatic N) is 5. The van der Waals surface area contributed by atoms with Crippen LogP contribution in [0.15, 0.2) is 63.4 Å². The third-order valence-electron chi connectivity index (χ3n) is 4.93. The Bertz CT molecular complexity index is 1220. The topological polar surface area (TPSA) is 107 Å². The zero-order chi connectivity index (χ0) is 21.9. The monoisotopic (exact) mass is 451 g/mol. The van der Waals surface area contributed by atoms with Crippen molar-refractivity contribution in [3.63, 3.8) is 0 Å². The molecule has 0 saturated heterocycles. The number of aromatic nitrogens is 4. The van der Waals surface area contributed by atoms with Gasteiger partial charge in [0.2, 0.25) is 11.8 Å². The zero-order valence-corrected chi connectivity index (χ0v) is 17.6. The average Bonchev–Trinajstić information content (AvgIpc) is 3.36. The van der Waals surface area contributed by atoms with E-state index >= 15 is 0 Å². The minimum absolute atomic E-state index is 0.0632. The van der Waals surface area contributed by atoms with Crippen LogP contribution in [0.2, 0.25) is 5.02 Å². The molecular formula is C22H18ClN5O4. The van der Waals surface area contributed by atoms with Crippen LogP contribution in [0.5, 0.6) is 6.08 Å². The first-order valence-corrected chi connectivity index (χ1v) is 10.4. The molecule has 0 spiro atoms. The van der Waals surface area contributed by atoms with Crippen molar-refractivity contribution < 1.29 is 18.4 Å². The molecule has 1 aliphatic carbocycles. The molecule has 0 bridgehead atoms. The van der Waals surface area contributed by atoms with E-state index in [0.717, 1.165) is 18.4 Å². The van der Waals surface area contributed by atoms with Gasteiger partial charge in [0.1, 0.15) is 0 Å². The maximum atomic E-state index is 12.8. The molecule has 32 heavy (non-hydrogen) atoms. The van der Waals surface area contributed by atoms with Crippen LogP contribution in [0.3, 0.4) is 0 Å². The van der Waals surface area contributed by atoms with E-state index in [1.165, 1.54) is 0 Å². The average molecular weight is 452 g/mol. The number of rotatable bonds is 8. The molecule has 2 aromatic heterocycles. The lowest BCUT2D eigenvalue weighted by molar-refractivity contribution is -0.135. The molecule has 1 saturated carbocycles. The number of hydrogen-bond acceptors (Lipinski definition) is 8. The van der Waals surface area contributed by atoms with E-state index in [1.54, 1.807) is 17.0 Å². The number of benzene rings is 2. The molecule has 0 aliphatic heterocycles. The van der Waals surface area contributed by atoms with Crippen LogP contribution in [0.4, 0.5) is 0 Å². The summed E-state index contributed by atoms with van der Waals surface area (Å²) in [5.74, 6) is 0.725. The second-order valence-corrected chi connectivity index (χ2v) is 7.67. The van der Waals surface area contributed by atoms with Crippen LogP contribution in [-0.2, 0) is 11.3 Å². The molecule has 4 aromatic rings. The van der Waals surface area contributed by atoms with E-state index in [9.17, 15) is 4.79 Å². The quantitative estimate of drug-likeness (QED) is 0.395. The Balaban J connectivity index is 1.23. The summed E-state index contributed by atoms with van der Waals surface area (Å²) in [6.07, 6.45) is 1.76. The van der Waals surface area contributed by atoms with Crippen molar-refractivity contribution in [3.8, 4) is 29.0 Å². The summed E-state index contributed by atoms with van der Waals surface area (Å²) >= 11 is 6.20. The first kappa shape index (κ1) is 20.2. The van der Waals surface area contributed by atoms with Crippen molar-refractivity contribution in [2.45, 2.75) is 25.4 Å². The van der Waals surface area contributed by atoms with Crippen LogP contribution in [0.1, 0.15) is 18.7 Å². The number of hydrogen-bond donors (Lipinski definition) is 0. The maximum absolute atomic E-state index is 12.8. The van der Waals surface area contributed by atoms with Crippen LogP contribution in [0.25, 0.3) is 22.9 Å². The molecule has 162 valence electrons. The molecule has 0 unspecified atom stereocenters. The third-order valence-corrected chi connectivity index (χ3v) is 5.26. The fourth-order valence-corrected chi connectivity index (χ4v) is 3.40. The zero-order valence-electron chi connectivity index (χ0n) is 16.8. The van der Waals surface area contributed by atoms with Gasteiger partial charge in [-0.3, -0.25) is 4.79 Å². The lowest BCUT2D eigenvalue weighted by atomic mass is 10.2. The van der Waals surface area contributed by atoms with Crippen molar-refractivity contribution in [1.29, 1.82) is 0 Å². The molecule has 1 aliphatic rings.